The lowest BCUT2D eigenvalue weighted by atomic mass is 9.68. The summed E-state index contributed by atoms with van der Waals surface area (Å²) in [5, 5.41) is 0. The van der Waals surface area contributed by atoms with Crippen molar-refractivity contribution in [3.63, 3.8) is 0 Å². The normalized spacial score (nSPS) is 26.1. The molecule has 0 saturated heterocycles. The fourth-order valence-corrected chi connectivity index (χ4v) is 3.78. The lowest BCUT2D eigenvalue weighted by Gasteiger charge is -2.36. The van der Waals surface area contributed by atoms with Crippen molar-refractivity contribution in [1.29, 1.82) is 0 Å². The SMILES string of the molecule is CC(C)CC1=CC2=CC=C3C=CCC4=C3C2C(=C1)C=C4. The molecule has 4 aliphatic rings. The number of rotatable bonds is 2. The first kappa shape index (κ1) is 12.0. The molecule has 0 aromatic carbocycles. The van der Waals surface area contributed by atoms with E-state index in [1.54, 1.807) is 5.57 Å². The Morgan fingerprint density at radius 3 is 2.80 bits per heavy atom. The van der Waals surface area contributed by atoms with Crippen LogP contribution in [0.25, 0.3) is 0 Å². The van der Waals surface area contributed by atoms with Crippen LogP contribution in [-0.4, -0.2) is 0 Å². The average Bonchev–Trinajstić information content (AvgIpc) is 2.44. The van der Waals surface area contributed by atoms with E-state index in [0.717, 1.165) is 6.42 Å². The molecule has 0 heterocycles. The molecule has 0 amide bonds. The van der Waals surface area contributed by atoms with E-state index in [9.17, 15) is 0 Å². The van der Waals surface area contributed by atoms with Crippen LogP contribution in [0.1, 0.15) is 26.7 Å². The maximum Gasteiger partial charge on any atom is 0.0348 e. The lowest BCUT2D eigenvalue weighted by molar-refractivity contribution is 0.645. The highest BCUT2D eigenvalue weighted by Crippen LogP contribution is 2.47. The quantitative estimate of drug-likeness (QED) is 0.639. The zero-order valence-electron chi connectivity index (χ0n) is 12.2. The Labute approximate surface area is 121 Å². The third-order valence-electron chi connectivity index (χ3n) is 4.53. The third-order valence-corrected chi connectivity index (χ3v) is 4.53. The molecule has 0 spiro atoms. The predicted octanol–water partition coefficient (Wildman–Crippen LogP) is 5.21. The van der Waals surface area contributed by atoms with Crippen molar-refractivity contribution in [1.82, 2.24) is 0 Å². The molecule has 100 valence electrons. The second kappa shape index (κ2) is 4.34. The van der Waals surface area contributed by atoms with Gasteiger partial charge in [0.25, 0.3) is 0 Å². The molecule has 0 heteroatoms. The number of hydrogen-bond donors (Lipinski definition) is 0. The van der Waals surface area contributed by atoms with Crippen molar-refractivity contribution in [2.24, 2.45) is 11.8 Å². The van der Waals surface area contributed by atoms with Gasteiger partial charge < -0.3 is 0 Å². The fraction of sp³-hybridized carbons (Fsp3) is 0.300. The molecule has 0 aliphatic heterocycles. The van der Waals surface area contributed by atoms with Crippen LogP contribution < -0.4 is 0 Å². The molecular formula is C20H20. The second-order valence-corrected chi connectivity index (χ2v) is 6.56. The third kappa shape index (κ3) is 1.75. The molecule has 0 bridgehead atoms. The summed E-state index contributed by atoms with van der Waals surface area (Å²) in [4.78, 5) is 0. The van der Waals surface area contributed by atoms with Crippen molar-refractivity contribution >= 4 is 0 Å². The second-order valence-electron chi connectivity index (χ2n) is 6.56. The zero-order chi connectivity index (χ0) is 13.7. The largest absolute Gasteiger partial charge is 0.0795 e. The van der Waals surface area contributed by atoms with Crippen LogP contribution in [0.5, 0.6) is 0 Å². The van der Waals surface area contributed by atoms with E-state index in [-0.39, 0.29) is 0 Å². The average molecular weight is 260 g/mol. The van der Waals surface area contributed by atoms with Gasteiger partial charge in [-0.15, -0.1) is 0 Å². The Balaban J connectivity index is 1.84. The van der Waals surface area contributed by atoms with Crippen LogP contribution in [0, 0.1) is 11.8 Å². The summed E-state index contributed by atoms with van der Waals surface area (Å²) >= 11 is 0. The van der Waals surface area contributed by atoms with E-state index in [2.05, 4.69) is 62.5 Å². The molecule has 0 aromatic heterocycles. The molecule has 0 N–H and O–H groups in total. The van der Waals surface area contributed by atoms with Crippen LogP contribution >= 0.6 is 0 Å². The van der Waals surface area contributed by atoms with Crippen LogP contribution in [0.2, 0.25) is 0 Å². The van der Waals surface area contributed by atoms with E-state index in [0.29, 0.717) is 11.8 Å². The topological polar surface area (TPSA) is 0 Å². The summed E-state index contributed by atoms with van der Waals surface area (Å²) in [6.45, 7) is 4.59. The molecule has 0 radical (unpaired) electrons. The molecule has 20 heavy (non-hydrogen) atoms. The van der Waals surface area contributed by atoms with Crippen LogP contribution in [0.15, 0.2) is 82.0 Å². The Hall–Kier alpha value is -1.82. The summed E-state index contributed by atoms with van der Waals surface area (Å²) in [6.07, 6.45) is 21.0. The first-order valence-corrected chi connectivity index (χ1v) is 7.64. The number of hydrogen-bond acceptors (Lipinski definition) is 0. The van der Waals surface area contributed by atoms with Gasteiger partial charge in [-0.05, 0) is 52.2 Å². The standard InChI is InChI=1S/C20H20/c1-13(2)10-14-11-17-8-6-15-4-3-5-16-7-9-18(12-14)20(17)19(15)16/h3-4,6-9,11-13,20H,5,10H2,1-2H3. The summed E-state index contributed by atoms with van der Waals surface area (Å²) in [7, 11) is 0. The zero-order valence-corrected chi connectivity index (χ0v) is 12.2. The Morgan fingerprint density at radius 1 is 1.05 bits per heavy atom. The summed E-state index contributed by atoms with van der Waals surface area (Å²) in [5.74, 6) is 1.21. The van der Waals surface area contributed by atoms with Crippen molar-refractivity contribution in [3.05, 3.63) is 82.0 Å². The molecule has 4 aliphatic carbocycles. The monoisotopic (exact) mass is 260 g/mol. The lowest BCUT2D eigenvalue weighted by Crippen LogP contribution is -2.21. The van der Waals surface area contributed by atoms with Crippen LogP contribution in [-0.2, 0) is 0 Å². The summed E-state index contributed by atoms with van der Waals surface area (Å²) in [5.41, 5.74) is 8.92. The first-order chi connectivity index (χ1) is 9.72. The molecular weight excluding hydrogens is 240 g/mol. The van der Waals surface area contributed by atoms with Crippen molar-refractivity contribution in [3.8, 4) is 0 Å². The van der Waals surface area contributed by atoms with Crippen molar-refractivity contribution in [2.45, 2.75) is 26.7 Å². The highest BCUT2D eigenvalue weighted by atomic mass is 14.4. The minimum atomic E-state index is 0.496. The highest BCUT2D eigenvalue weighted by molar-refractivity contribution is 5.67. The van der Waals surface area contributed by atoms with Gasteiger partial charge in [-0.25, -0.2) is 0 Å². The Morgan fingerprint density at radius 2 is 1.95 bits per heavy atom. The van der Waals surface area contributed by atoms with Crippen molar-refractivity contribution < 1.29 is 0 Å². The molecule has 0 fully saturated rings. The van der Waals surface area contributed by atoms with Gasteiger partial charge >= 0.3 is 0 Å². The van der Waals surface area contributed by atoms with Crippen LogP contribution in [0.4, 0.5) is 0 Å². The van der Waals surface area contributed by atoms with Crippen LogP contribution in [0.3, 0.4) is 0 Å². The maximum atomic E-state index is 2.42. The van der Waals surface area contributed by atoms with E-state index in [4.69, 9.17) is 0 Å². The van der Waals surface area contributed by atoms with Gasteiger partial charge in [-0.2, -0.15) is 0 Å². The molecule has 4 rings (SSSR count). The highest BCUT2D eigenvalue weighted by Gasteiger charge is 2.32. The fourth-order valence-electron chi connectivity index (χ4n) is 3.78. The predicted molar refractivity (Wildman–Crippen MR) is 85.2 cm³/mol. The molecule has 0 aromatic rings. The Bertz CT molecular complexity index is 682. The first-order valence-electron chi connectivity index (χ1n) is 7.64. The van der Waals surface area contributed by atoms with E-state index >= 15 is 0 Å². The summed E-state index contributed by atoms with van der Waals surface area (Å²) in [6, 6.07) is 0. The molecule has 0 saturated carbocycles. The Kier molecular flexibility index (Phi) is 2.60. The van der Waals surface area contributed by atoms with Gasteiger partial charge in [0.1, 0.15) is 0 Å². The van der Waals surface area contributed by atoms with E-state index in [1.165, 1.54) is 34.3 Å². The van der Waals surface area contributed by atoms with Gasteiger partial charge in [0.2, 0.25) is 0 Å². The maximum absolute atomic E-state index is 2.42. The van der Waals surface area contributed by atoms with Gasteiger partial charge in [0.05, 0.1) is 0 Å². The smallest absolute Gasteiger partial charge is 0.0348 e. The van der Waals surface area contributed by atoms with E-state index < -0.39 is 0 Å². The minimum Gasteiger partial charge on any atom is -0.0795 e. The minimum absolute atomic E-state index is 0.496. The van der Waals surface area contributed by atoms with E-state index in [1.807, 2.05) is 0 Å². The molecule has 0 nitrogen and oxygen atoms in total. The van der Waals surface area contributed by atoms with Gasteiger partial charge in [0.15, 0.2) is 0 Å². The van der Waals surface area contributed by atoms with Crippen molar-refractivity contribution in [2.75, 3.05) is 0 Å². The van der Waals surface area contributed by atoms with Gasteiger partial charge in [-0.1, -0.05) is 62.5 Å². The molecule has 1 atom stereocenters. The number of allylic oxidation sites excluding steroid dienone is 14. The summed E-state index contributed by atoms with van der Waals surface area (Å²) < 4.78 is 0. The molecule has 1 unspecified atom stereocenters. The van der Waals surface area contributed by atoms with Gasteiger partial charge in [0, 0.05) is 5.92 Å². The van der Waals surface area contributed by atoms with Gasteiger partial charge in [-0.3, -0.25) is 0 Å².